The van der Waals surface area contributed by atoms with Crippen molar-refractivity contribution in [2.24, 2.45) is 0 Å². The van der Waals surface area contributed by atoms with Crippen molar-refractivity contribution in [3.8, 4) is 5.75 Å². The second-order valence-electron chi connectivity index (χ2n) is 5.84. The maximum absolute atomic E-state index is 12.0. The van der Waals surface area contributed by atoms with Gasteiger partial charge >= 0.3 is 0 Å². The highest BCUT2D eigenvalue weighted by Gasteiger charge is 2.08. The normalized spacial score (nSPS) is 10.6. The lowest BCUT2D eigenvalue weighted by molar-refractivity contribution is -0.116. The molecule has 1 N–H and O–H groups in total. The topological polar surface area (TPSA) is 69.0 Å². The lowest BCUT2D eigenvalue weighted by Crippen LogP contribution is -2.13. The summed E-state index contributed by atoms with van der Waals surface area (Å²) in [5, 5.41) is 11.5. The molecule has 2 aromatic carbocycles. The number of aromatic nitrogens is 3. The van der Waals surface area contributed by atoms with Gasteiger partial charge < -0.3 is 10.1 Å². The van der Waals surface area contributed by atoms with E-state index < -0.39 is 0 Å². The van der Waals surface area contributed by atoms with Crippen molar-refractivity contribution in [2.75, 3.05) is 11.9 Å². The molecule has 0 aliphatic heterocycles. The molecule has 6 nitrogen and oxygen atoms in total. The first-order chi connectivity index (χ1) is 13.1. The maximum Gasteiger partial charge on any atom is 0.225 e. The molecule has 0 saturated carbocycles. The van der Waals surface area contributed by atoms with Crippen molar-refractivity contribution in [2.45, 2.75) is 19.4 Å². The highest BCUT2D eigenvalue weighted by Crippen LogP contribution is 2.31. The van der Waals surface area contributed by atoms with Crippen LogP contribution < -0.4 is 10.1 Å². The number of anilines is 1. The van der Waals surface area contributed by atoms with Gasteiger partial charge in [-0.1, -0.05) is 64.8 Å². The van der Waals surface area contributed by atoms with Crippen molar-refractivity contribution >= 4 is 34.9 Å². The summed E-state index contributed by atoms with van der Waals surface area (Å²) < 4.78 is 7.24. The maximum atomic E-state index is 12.0. The number of nitrogens with zero attached hydrogens (tertiary/aromatic N) is 3. The third kappa shape index (κ3) is 5.70. The fourth-order valence-corrected chi connectivity index (χ4v) is 2.77. The van der Waals surface area contributed by atoms with Crippen molar-refractivity contribution in [1.82, 2.24) is 15.0 Å². The van der Waals surface area contributed by atoms with Crippen molar-refractivity contribution in [3.05, 3.63) is 70.3 Å². The fraction of sp³-hybridized carbons (Fsp3) is 0.211. The molecule has 0 aliphatic carbocycles. The minimum atomic E-state index is -0.150. The number of ether oxygens (including phenoxy) is 1. The molecule has 0 spiro atoms. The summed E-state index contributed by atoms with van der Waals surface area (Å²) in [6, 6.07) is 15.1. The number of benzene rings is 2. The lowest BCUT2D eigenvalue weighted by Gasteiger charge is -2.08. The predicted molar refractivity (Wildman–Crippen MR) is 105 cm³/mol. The summed E-state index contributed by atoms with van der Waals surface area (Å²) in [7, 11) is 0. The summed E-state index contributed by atoms with van der Waals surface area (Å²) in [5.74, 6) is 0.783. The molecule has 3 aromatic rings. The van der Waals surface area contributed by atoms with Gasteiger partial charge in [0.25, 0.3) is 0 Å². The van der Waals surface area contributed by atoms with Crippen LogP contribution in [0, 0.1) is 0 Å². The standard InChI is InChI=1S/C19H18Cl2N4O2/c20-15-8-4-9-16(19(15)21)27-11-5-10-18(26)22-17-13-25(24-23-17)12-14-6-2-1-3-7-14/h1-4,6-9,13H,5,10-12H2,(H,22,26). The largest absolute Gasteiger partial charge is 0.492 e. The molecule has 3 rings (SSSR count). The van der Waals surface area contributed by atoms with E-state index in [1.54, 1.807) is 29.1 Å². The lowest BCUT2D eigenvalue weighted by atomic mass is 10.2. The Bertz CT molecular complexity index is 900. The van der Waals surface area contributed by atoms with E-state index in [1.165, 1.54) is 0 Å². The van der Waals surface area contributed by atoms with Gasteiger partial charge in [0.2, 0.25) is 5.91 Å². The number of carbonyl (C=O) groups is 1. The Kier molecular flexibility index (Phi) is 6.68. The molecule has 1 aromatic heterocycles. The number of amides is 1. The van der Waals surface area contributed by atoms with E-state index in [1.807, 2.05) is 30.3 Å². The van der Waals surface area contributed by atoms with Crippen LogP contribution in [0.15, 0.2) is 54.7 Å². The average Bonchev–Trinajstić information content (AvgIpc) is 3.09. The zero-order valence-electron chi connectivity index (χ0n) is 14.4. The van der Waals surface area contributed by atoms with Crippen LogP contribution in [-0.2, 0) is 11.3 Å². The van der Waals surface area contributed by atoms with Gasteiger partial charge in [0.1, 0.15) is 10.8 Å². The predicted octanol–water partition coefficient (Wildman–Crippen LogP) is 4.43. The van der Waals surface area contributed by atoms with Crippen LogP contribution in [0.1, 0.15) is 18.4 Å². The molecular weight excluding hydrogens is 387 g/mol. The summed E-state index contributed by atoms with van der Waals surface area (Å²) in [6.07, 6.45) is 2.53. The van der Waals surface area contributed by atoms with Gasteiger partial charge in [-0.2, -0.15) is 0 Å². The fourth-order valence-electron chi connectivity index (χ4n) is 2.42. The molecule has 0 radical (unpaired) electrons. The van der Waals surface area contributed by atoms with E-state index in [0.29, 0.717) is 47.6 Å². The quantitative estimate of drug-likeness (QED) is 0.563. The van der Waals surface area contributed by atoms with Crippen LogP contribution in [0.25, 0.3) is 0 Å². The minimum Gasteiger partial charge on any atom is -0.492 e. The number of nitrogens with one attached hydrogen (secondary N) is 1. The third-order valence-electron chi connectivity index (χ3n) is 3.72. The van der Waals surface area contributed by atoms with Gasteiger partial charge in [0, 0.05) is 6.42 Å². The van der Waals surface area contributed by atoms with Crippen LogP contribution in [0.4, 0.5) is 5.82 Å². The summed E-state index contributed by atoms with van der Waals surface area (Å²) in [4.78, 5) is 12.0. The highest BCUT2D eigenvalue weighted by molar-refractivity contribution is 6.42. The molecule has 1 amide bonds. The first kappa shape index (κ1) is 19.2. The number of hydrogen-bond acceptors (Lipinski definition) is 4. The molecule has 0 fully saturated rings. The first-order valence-electron chi connectivity index (χ1n) is 8.42. The Balaban J connectivity index is 1.41. The Labute approximate surface area is 167 Å². The Hall–Kier alpha value is -2.57. The molecule has 0 unspecified atom stereocenters. The second-order valence-corrected chi connectivity index (χ2v) is 6.62. The molecule has 0 saturated heterocycles. The molecular formula is C19H18Cl2N4O2. The van der Waals surface area contributed by atoms with E-state index in [-0.39, 0.29) is 5.91 Å². The Morgan fingerprint density at radius 3 is 2.74 bits per heavy atom. The van der Waals surface area contributed by atoms with Crippen LogP contribution in [0.2, 0.25) is 10.0 Å². The SMILES string of the molecule is O=C(CCCOc1cccc(Cl)c1Cl)Nc1cn(Cc2ccccc2)nn1. The van der Waals surface area contributed by atoms with Gasteiger partial charge in [-0.15, -0.1) is 5.10 Å². The van der Waals surface area contributed by atoms with Gasteiger partial charge in [-0.05, 0) is 24.1 Å². The van der Waals surface area contributed by atoms with E-state index in [2.05, 4.69) is 15.6 Å². The number of hydrogen-bond donors (Lipinski definition) is 1. The van der Waals surface area contributed by atoms with Gasteiger partial charge in [0.15, 0.2) is 5.82 Å². The molecule has 0 aliphatic rings. The average molecular weight is 405 g/mol. The van der Waals surface area contributed by atoms with Crippen LogP contribution in [0.5, 0.6) is 5.75 Å². The van der Waals surface area contributed by atoms with Crippen LogP contribution in [0.3, 0.4) is 0 Å². The van der Waals surface area contributed by atoms with Gasteiger partial charge in [0.05, 0.1) is 24.4 Å². The van der Waals surface area contributed by atoms with Crippen molar-refractivity contribution in [1.29, 1.82) is 0 Å². The number of halogens is 2. The number of carbonyl (C=O) groups excluding carboxylic acids is 1. The smallest absolute Gasteiger partial charge is 0.225 e. The summed E-state index contributed by atoms with van der Waals surface area (Å²) in [6.45, 7) is 0.951. The molecule has 0 atom stereocenters. The van der Waals surface area contributed by atoms with E-state index in [9.17, 15) is 4.79 Å². The molecule has 1 heterocycles. The first-order valence-corrected chi connectivity index (χ1v) is 9.18. The minimum absolute atomic E-state index is 0.150. The van der Waals surface area contributed by atoms with Crippen LogP contribution in [-0.4, -0.2) is 27.5 Å². The monoisotopic (exact) mass is 404 g/mol. The van der Waals surface area contributed by atoms with Crippen LogP contribution >= 0.6 is 23.2 Å². The molecule has 27 heavy (non-hydrogen) atoms. The molecule has 140 valence electrons. The zero-order chi connectivity index (χ0) is 19.1. The zero-order valence-corrected chi connectivity index (χ0v) is 16.0. The third-order valence-corrected chi connectivity index (χ3v) is 4.52. The van der Waals surface area contributed by atoms with Crippen molar-refractivity contribution in [3.63, 3.8) is 0 Å². The van der Waals surface area contributed by atoms with Crippen molar-refractivity contribution < 1.29 is 9.53 Å². The second kappa shape index (κ2) is 9.39. The molecule has 0 bridgehead atoms. The number of rotatable bonds is 8. The van der Waals surface area contributed by atoms with Gasteiger partial charge in [-0.25, -0.2) is 4.68 Å². The highest BCUT2D eigenvalue weighted by atomic mass is 35.5. The van der Waals surface area contributed by atoms with E-state index >= 15 is 0 Å². The van der Waals surface area contributed by atoms with Gasteiger partial charge in [-0.3, -0.25) is 4.79 Å². The Morgan fingerprint density at radius 2 is 1.93 bits per heavy atom. The Morgan fingerprint density at radius 1 is 1.11 bits per heavy atom. The van der Waals surface area contributed by atoms with E-state index in [0.717, 1.165) is 5.56 Å². The molecule has 8 heteroatoms. The summed E-state index contributed by atoms with van der Waals surface area (Å²) in [5.41, 5.74) is 1.11. The summed E-state index contributed by atoms with van der Waals surface area (Å²) >= 11 is 12.0. The van der Waals surface area contributed by atoms with E-state index in [4.69, 9.17) is 27.9 Å².